The van der Waals surface area contributed by atoms with Crippen molar-refractivity contribution >= 4 is 22.8 Å². The molecule has 2 N–H and O–H groups in total. The lowest BCUT2D eigenvalue weighted by Gasteiger charge is -2.27. The number of hydrogen-bond donors (Lipinski definition) is 2. The fraction of sp³-hybridized carbons (Fsp3) is 0.444. The number of benzene rings is 1. The molecular weight excluding hydrogens is 322 g/mol. The molecule has 1 aromatic heterocycles. The molecular formula is C18H19N3O4. The van der Waals surface area contributed by atoms with Crippen molar-refractivity contribution in [2.45, 2.75) is 44.2 Å². The number of fused-ring (bicyclic) bond motifs is 1. The van der Waals surface area contributed by atoms with Crippen molar-refractivity contribution in [2.24, 2.45) is 5.92 Å². The van der Waals surface area contributed by atoms with Gasteiger partial charge in [0.1, 0.15) is 11.4 Å². The monoisotopic (exact) mass is 341 g/mol. The maximum atomic E-state index is 12.6. The zero-order valence-electron chi connectivity index (χ0n) is 13.7. The van der Waals surface area contributed by atoms with Crippen LogP contribution >= 0.6 is 0 Å². The number of para-hydroxylation sites is 1. The lowest BCUT2D eigenvalue weighted by Crippen LogP contribution is -2.42. The highest BCUT2D eigenvalue weighted by molar-refractivity contribution is 5.88. The molecule has 0 radical (unpaired) electrons. The minimum Gasteiger partial charge on any atom is -0.458 e. The first-order valence-electron chi connectivity index (χ1n) is 8.55. The second-order valence-corrected chi connectivity index (χ2v) is 6.75. The average Bonchev–Trinajstić information content (AvgIpc) is 3.20. The maximum absolute atomic E-state index is 12.6. The Morgan fingerprint density at radius 3 is 2.84 bits per heavy atom. The molecule has 2 fully saturated rings. The van der Waals surface area contributed by atoms with Crippen molar-refractivity contribution in [1.29, 1.82) is 0 Å². The maximum Gasteiger partial charge on any atom is 0.307 e. The molecule has 1 spiro atoms. The molecule has 1 atom stereocenters. The van der Waals surface area contributed by atoms with Crippen molar-refractivity contribution in [2.75, 3.05) is 0 Å². The Hall–Kier alpha value is -2.70. The third-order valence-electron chi connectivity index (χ3n) is 5.18. The van der Waals surface area contributed by atoms with E-state index < -0.39 is 11.5 Å². The van der Waals surface area contributed by atoms with E-state index in [0.717, 1.165) is 25.7 Å². The van der Waals surface area contributed by atoms with Crippen molar-refractivity contribution in [1.82, 2.24) is 15.3 Å². The molecule has 130 valence electrons. The molecule has 2 aliphatic rings. The Morgan fingerprint density at radius 2 is 2.04 bits per heavy atom. The van der Waals surface area contributed by atoms with Crippen LogP contribution in [0.3, 0.4) is 0 Å². The van der Waals surface area contributed by atoms with E-state index in [9.17, 15) is 14.4 Å². The van der Waals surface area contributed by atoms with E-state index in [1.165, 1.54) is 0 Å². The van der Waals surface area contributed by atoms with Crippen LogP contribution in [0.25, 0.3) is 10.9 Å². The summed E-state index contributed by atoms with van der Waals surface area (Å²) >= 11 is 0. The SMILES string of the molecule is O=C1CC(C(=O)NCc2nc3ccccc3c(=O)[nH]2)C2(CCCC2)O1. The van der Waals surface area contributed by atoms with Gasteiger partial charge in [-0.25, -0.2) is 4.98 Å². The summed E-state index contributed by atoms with van der Waals surface area (Å²) in [6.45, 7) is 0.111. The Balaban J connectivity index is 1.50. The van der Waals surface area contributed by atoms with Gasteiger partial charge >= 0.3 is 5.97 Å². The van der Waals surface area contributed by atoms with Gasteiger partial charge in [0, 0.05) is 0 Å². The molecule has 2 heterocycles. The summed E-state index contributed by atoms with van der Waals surface area (Å²) in [4.78, 5) is 43.5. The molecule has 4 rings (SSSR count). The van der Waals surface area contributed by atoms with Crippen LogP contribution in [0.1, 0.15) is 37.9 Å². The standard InChI is InChI=1S/C18H19N3O4/c22-15-9-12(18(25-15)7-3-4-8-18)17(24)19-10-14-20-13-6-2-1-5-11(13)16(23)21-14/h1-2,5-6,12H,3-4,7-10H2,(H,19,24)(H,20,21,23). The van der Waals surface area contributed by atoms with E-state index >= 15 is 0 Å². The van der Waals surface area contributed by atoms with E-state index in [4.69, 9.17) is 4.74 Å². The summed E-state index contributed by atoms with van der Waals surface area (Å²) in [5.41, 5.74) is -0.283. The molecule has 7 heteroatoms. The molecule has 1 aliphatic heterocycles. The summed E-state index contributed by atoms with van der Waals surface area (Å²) in [6, 6.07) is 7.04. The predicted octanol–water partition coefficient (Wildman–Crippen LogP) is 1.42. The van der Waals surface area contributed by atoms with Gasteiger partial charge in [-0.15, -0.1) is 0 Å². The van der Waals surface area contributed by atoms with Gasteiger partial charge in [0.05, 0.1) is 29.8 Å². The Kier molecular flexibility index (Phi) is 3.78. The number of nitrogens with one attached hydrogen (secondary N) is 2. The van der Waals surface area contributed by atoms with Crippen LogP contribution in [-0.4, -0.2) is 27.4 Å². The van der Waals surface area contributed by atoms with Gasteiger partial charge in [-0.3, -0.25) is 14.4 Å². The molecule has 1 aromatic carbocycles. The number of ether oxygens (including phenoxy) is 1. The Morgan fingerprint density at radius 1 is 1.28 bits per heavy atom. The van der Waals surface area contributed by atoms with Gasteiger partial charge in [-0.05, 0) is 37.8 Å². The van der Waals surface area contributed by atoms with Crippen molar-refractivity contribution in [3.8, 4) is 0 Å². The number of aromatic amines is 1. The average molecular weight is 341 g/mol. The van der Waals surface area contributed by atoms with Crippen LogP contribution in [0.2, 0.25) is 0 Å². The van der Waals surface area contributed by atoms with Crippen LogP contribution in [-0.2, 0) is 20.9 Å². The van der Waals surface area contributed by atoms with E-state index in [1.54, 1.807) is 18.2 Å². The number of carbonyl (C=O) groups excluding carboxylic acids is 2. The quantitative estimate of drug-likeness (QED) is 0.822. The number of carbonyl (C=O) groups is 2. The zero-order chi connectivity index (χ0) is 17.4. The van der Waals surface area contributed by atoms with E-state index in [2.05, 4.69) is 15.3 Å². The third-order valence-corrected chi connectivity index (χ3v) is 5.18. The van der Waals surface area contributed by atoms with Gasteiger partial charge in [0.2, 0.25) is 5.91 Å². The van der Waals surface area contributed by atoms with Gasteiger partial charge in [-0.2, -0.15) is 0 Å². The predicted molar refractivity (Wildman–Crippen MR) is 89.6 cm³/mol. The fourth-order valence-electron chi connectivity index (χ4n) is 3.96. The number of aromatic nitrogens is 2. The lowest BCUT2D eigenvalue weighted by atomic mass is 9.85. The van der Waals surface area contributed by atoms with E-state index in [0.29, 0.717) is 16.7 Å². The number of nitrogens with zero attached hydrogens (tertiary/aromatic N) is 1. The largest absolute Gasteiger partial charge is 0.458 e. The first-order valence-corrected chi connectivity index (χ1v) is 8.55. The zero-order valence-corrected chi connectivity index (χ0v) is 13.7. The highest BCUT2D eigenvalue weighted by Crippen LogP contribution is 2.45. The molecule has 1 saturated heterocycles. The van der Waals surface area contributed by atoms with Crippen LogP contribution in [0.4, 0.5) is 0 Å². The fourth-order valence-corrected chi connectivity index (χ4v) is 3.96. The van der Waals surface area contributed by atoms with Gasteiger partial charge in [0.25, 0.3) is 5.56 Å². The highest BCUT2D eigenvalue weighted by atomic mass is 16.6. The van der Waals surface area contributed by atoms with Crippen LogP contribution < -0.4 is 10.9 Å². The summed E-state index contributed by atoms with van der Waals surface area (Å²) < 4.78 is 5.50. The van der Waals surface area contributed by atoms with Crippen molar-refractivity contribution < 1.29 is 14.3 Å². The molecule has 0 bridgehead atoms. The molecule has 1 amide bonds. The normalized spacial score (nSPS) is 21.6. The number of hydrogen-bond acceptors (Lipinski definition) is 5. The van der Waals surface area contributed by atoms with E-state index in [-0.39, 0.29) is 30.4 Å². The third kappa shape index (κ3) is 2.79. The summed E-state index contributed by atoms with van der Waals surface area (Å²) in [6.07, 6.45) is 3.53. The molecule has 25 heavy (non-hydrogen) atoms. The van der Waals surface area contributed by atoms with Crippen LogP contribution in [0.5, 0.6) is 0 Å². The minimum absolute atomic E-state index is 0.111. The minimum atomic E-state index is -0.634. The number of amides is 1. The summed E-state index contributed by atoms with van der Waals surface area (Å²) in [5, 5.41) is 3.31. The summed E-state index contributed by atoms with van der Waals surface area (Å²) in [5.74, 6) is -0.597. The first kappa shape index (κ1) is 15.8. The number of H-pyrrole nitrogens is 1. The Labute approximate surface area is 143 Å². The molecule has 2 aromatic rings. The van der Waals surface area contributed by atoms with E-state index in [1.807, 2.05) is 6.07 Å². The van der Waals surface area contributed by atoms with Crippen LogP contribution in [0.15, 0.2) is 29.1 Å². The lowest BCUT2D eigenvalue weighted by molar-refractivity contribution is -0.150. The second-order valence-electron chi connectivity index (χ2n) is 6.75. The van der Waals surface area contributed by atoms with Gasteiger partial charge in [-0.1, -0.05) is 12.1 Å². The second kappa shape index (κ2) is 5.98. The van der Waals surface area contributed by atoms with Gasteiger partial charge < -0.3 is 15.0 Å². The highest BCUT2D eigenvalue weighted by Gasteiger charge is 2.53. The first-order chi connectivity index (χ1) is 12.1. The molecule has 1 saturated carbocycles. The van der Waals surface area contributed by atoms with Gasteiger partial charge in [0.15, 0.2) is 0 Å². The molecule has 1 unspecified atom stereocenters. The molecule has 7 nitrogen and oxygen atoms in total. The van der Waals surface area contributed by atoms with Crippen molar-refractivity contribution in [3.05, 3.63) is 40.4 Å². The Bertz CT molecular complexity index is 899. The number of esters is 1. The smallest absolute Gasteiger partial charge is 0.307 e. The van der Waals surface area contributed by atoms with Crippen molar-refractivity contribution in [3.63, 3.8) is 0 Å². The van der Waals surface area contributed by atoms with Crippen LogP contribution in [0, 0.1) is 5.92 Å². The number of rotatable bonds is 3. The summed E-state index contributed by atoms with van der Waals surface area (Å²) in [7, 11) is 0. The topological polar surface area (TPSA) is 101 Å². The molecule has 1 aliphatic carbocycles.